The first-order chi connectivity index (χ1) is 21.8. The van der Waals surface area contributed by atoms with Gasteiger partial charge in [-0.3, -0.25) is 14.9 Å². The second kappa shape index (κ2) is 14.2. The van der Waals surface area contributed by atoms with Gasteiger partial charge >= 0.3 is 0 Å². The van der Waals surface area contributed by atoms with Gasteiger partial charge in [-0.1, -0.05) is 78.3 Å². The number of para-hydroxylation sites is 2. The van der Waals surface area contributed by atoms with Crippen molar-refractivity contribution in [3.8, 4) is 11.8 Å². The highest BCUT2D eigenvalue weighted by Crippen LogP contribution is 2.44. The third-order valence-corrected chi connectivity index (χ3v) is 8.88. The Morgan fingerprint density at radius 3 is 2.49 bits per heavy atom. The molecule has 8 nitrogen and oxygen atoms in total. The number of hydrogen-bond donors (Lipinski definition) is 2. The van der Waals surface area contributed by atoms with E-state index in [2.05, 4.69) is 16.7 Å². The minimum Gasteiger partial charge on any atom is -0.495 e. The molecule has 1 heterocycles. The van der Waals surface area contributed by atoms with Crippen LogP contribution in [0.1, 0.15) is 35.1 Å². The Morgan fingerprint density at radius 1 is 1.04 bits per heavy atom. The molecule has 2 N–H and O–H groups in total. The van der Waals surface area contributed by atoms with Crippen LogP contribution in [0.4, 0.5) is 11.4 Å². The molecule has 0 bridgehead atoms. The summed E-state index contributed by atoms with van der Waals surface area (Å²) in [5.41, 5.74) is 5.42. The van der Waals surface area contributed by atoms with E-state index in [1.165, 1.54) is 24.9 Å². The molecule has 4 aromatic rings. The number of nitrogens with one attached hydrogen (secondary N) is 2. The maximum atomic E-state index is 13.9. The van der Waals surface area contributed by atoms with Crippen LogP contribution in [0.5, 0.6) is 5.75 Å². The summed E-state index contributed by atoms with van der Waals surface area (Å²) >= 11 is 8.14. The van der Waals surface area contributed by atoms with Gasteiger partial charge in [0.05, 0.1) is 40.3 Å². The van der Waals surface area contributed by atoms with Gasteiger partial charge in [-0.05, 0) is 53.8 Å². The quantitative estimate of drug-likeness (QED) is 0.133. The number of thioether (sulfide) groups is 1. The number of rotatable bonds is 10. The number of nitro benzene ring substituents is 1. The van der Waals surface area contributed by atoms with Crippen molar-refractivity contribution in [2.75, 3.05) is 12.4 Å². The Kier molecular flexibility index (Phi) is 9.88. The van der Waals surface area contributed by atoms with E-state index in [9.17, 15) is 20.2 Å². The number of non-ortho nitro benzene ring substituents is 1. The van der Waals surface area contributed by atoms with Gasteiger partial charge in [0.25, 0.3) is 11.6 Å². The Balaban J connectivity index is 1.47. The van der Waals surface area contributed by atoms with Gasteiger partial charge in [0.15, 0.2) is 0 Å². The number of carbonyl (C=O) groups excluding carboxylic acids is 1. The third-order valence-electron chi connectivity index (χ3n) is 7.47. The molecule has 5 rings (SSSR count). The molecule has 226 valence electrons. The standard InChI is InChI=1S/C35H29ClN4O4S/c1-22-32(34(41)39-30-16-7-8-17-31(30)44-2)33(27-14-5-6-15-29(27)36)28(20-37)35(38-22)45-21-25-12-4-3-11-24(25)18-23-10-9-13-26(19-23)40(42)43/h3-17,19,33,38H,18,21H2,1-2H3,(H,39,41). The summed E-state index contributed by atoms with van der Waals surface area (Å²) in [7, 11) is 1.53. The molecular formula is C35H29ClN4O4S. The summed E-state index contributed by atoms with van der Waals surface area (Å²) in [5, 5.41) is 29.2. The number of anilines is 1. The number of nitriles is 1. The number of allylic oxidation sites excluding steroid dienone is 2. The minimum absolute atomic E-state index is 0.0491. The normalized spacial score (nSPS) is 14.4. The number of carbonyl (C=O) groups is 1. The van der Waals surface area contributed by atoms with E-state index in [1.807, 2.05) is 61.5 Å². The van der Waals surface area contributed by atoms with Gasteiger partial charge in [-0.2, -0.15) is 5.26 Å². The van der Waals surface area contributed by atoms with Crippen LogP contribution >= 0.6 is 23.4 Å². The smallest absolute Gasteiger partial charge is 0.269 e. The number of amides is 1. The van der Waals surface area contributed by atoms with Crippen LogP contribution in [0.2, 0.25) is 5.02 Å². The van der Waals surface area contributed by atoms with E-state index >= 15 is 0 Å². The zero-order chi connectivity index (χ0) is 31.9. The molecule has 1 aliphatic rings. The van der Waals surface area contributed by atoms with E-state index in [-0.39, 0.29) is 11.6 Å². The first kappa shape index (κ1) is 31.4. The maximum absolute atomic E-state index is 13.9. The van der Waals surface area contributed by atoms with Crippen molar-refractivity contribution in [1.82, 2.24) is 5.32 Å². The van der Waals surface area contributed by atoms with E-state index in [0.29, 0.717) is 56.1 Å². The fourth-order valence-electron chi connectivity index (χ4n) is 5.31. The van der Waals surface area contributed by atoms with Crippen LogP contribution in [0.3, 0.4) is 0 Å². The number of hydrogen-bond acceptors (Lipinski definition) is 7. The largest absolute Gasteiger partial charge is 0.495 e. The first-order valence-corrected chi connectivity index (χ1v) is 15.4. The Bertz CT molecular complexity index is 1880. The molecule has 10 heteroatoms. The van der Waals surface area contributed by atoms with E-state index in [0.717, 1.165) is 16.7 Å². The van der Waals surface area contributed by atoms with Gasteiger partial charge in [-0.25, -0.2) is 0 Å². The van der Waals surface area contributed by atoms with E-state index in [1.54, 1.807) is 36.4 Å². The van der Waals surface area contributed by atoms with Gasteiger partial charge in [-0.15, -0.1) is 11.8 Å². The van der Waals surface area contributed by atoms with Crippen LogP contribution in [0.25, 0.3) is 0 Å². The monoisotopic (exact) mass is 636 g/mol. The minimum atomic E-state index is -0.720. The van der Waals surface area contributed by atoms with Crippen molar-refractivity contribution in [3.63, 3.8) is 0 Å². The van der Waals surface area contributed by atoms with Crippen LogP contribution in [0, 0.1) is 21.4 Å². The summed E-state index contributed by atoms with van der Waals surface area (Å²) in [4.78, 5) is 24.8. The highest BCUT2D eigenvalue weighted by Gasteiger charge is 2.36. The molecule has 0 aromatic heterocycles. The lowest BCUT2D eigenvalue weighted by Crippen LogP contribution is -2.31. The summed E-state index contributed by atoms with van der Waals surface area (Å²) < 4.78 is 5.43. The topological polar surface area (TPSA) is 117 Å². The zero-order valence-electron chi connectivity index (χ0n) is 24.5. The molecule has 0 spiro atoms. The van der Waals surface area contributed by atoms with Gasteiger partial charge in [0, 0.05) is 34.2 Å². The Labute approximate surface area is 270 Å². The maximum Gasteiger partial charge on any atom is 0.269 e. The number of halogens is 1. The first-order valence-electron chi connectivity index (χ1n) is 14.0. The number of ether oxygens (including phenoxy) is 1. The average Bonchev–Trinajstić information content (AvgIpc) is 3.04. The number of nitrogens with zero attached hydrogens (tertiary/aromatic N) is 2. The highest BCUT2D eigenvalue weighted by atomic mass is 35.5. The number of nitro groups is 1. The van der Waals surface area contributed by atoms with E-state index < -0.39 is 10.8 Å². The summed E-state index contributed by atoms with van der Waals surface area (Å²) in [6.07, 6.45) is 0.518. The van der Waals surface area contributed by atoms with Gasteiger partial charge in [0.1, 0.15) is 5.75 Å². The third kappa shape index (κ3) is 7.04. The molecular weight excluding hydrogens is 608 g/mol. The molecule has 1 aliphatic heterocycles. The predicted molar refractivity (Wildman–Crippen MR) is 178 cm³/mol. The highest BCUT2D eigenvalue weighted by molar-refractivity contribution is 8.02. The van der Waals surface area contributed by atoms with Crippen molar-refractivity contribution in [2.24, 2.45) is 0 Å². The van der Waals surface area contributed by atoms with Crippen LogP contribution in [-0.4, -0.2) is 17.9 Å². The SMILES string of the molecule is COc1ccccc1NC(=O)C1=C(C)NC(SCc2ccccc2Cc2cccc([N+](=O)[O-])c2)=C(C#N)C1c1ccccc1Cl. The average molecular weight is 637 g/mol. The molecule has 1 atom stereocenters. The number of methoxy groups -OCH3 is 1. The van der Waals surface area contributed by atoms with Gasteiger partial charge in [0.2, 0.25) is 0 Å². The molecule has 45 heavy (non-hydrogen) atoms. The molecule has 1 unspecified atom stereocenters. The molecule has 0 aliphatic carbocycles. The summed E-state index contributed by atoms with van der Waals surface area (Å²) in [5.74, 6) is -0.0711. The Hall–Kier alpha value is -5.04. The molecule has 1 amide bonds. The summed E-state index contributed by atoms with van der Waals surface area (Å²) in [6.45, 7) is 1.81. The molecule has 0 fully saturated rings. The lowest BCUT2D eigenvalue weighted by molar-refractivity contribution is -0.384. The summed E-state index contributed by atoms with van der Waals surface area (Å²) in [6, 6.07) is 31.2. The molecule has 0 saturated carbocycles. The lowest BCUT2D eigenvalue weighted by Gasteiger charge is -2.30. The van der Waals surface area contributed by atoms with Crippen molar-refractivity contribution < 1.29 is 14.5 Å². The van der Waals surface area contributed by atoms with E-state index in [4.69, 9.17) is 16.3 Å². The fourth-order valence-corrected chi connectivity index (χ4v) is 6.68. The number of benzene rings is 4. The molecule has 0 saturated heterocycles. The zero-order valence-corrected chi connectivity index (χ0v) is 26.1. The predicted octanol–water partition coefficient (Wildman–Crippen LogP) is 8.12. The van der Waals surface area contributed by atoms with Crippen LogP contribution in [0.15, 0.2) is 119 Å². The van der Waals surface area contributed by atoms with Crippen molar-refractivity contribution in [1.29, 1.82) is 5.26 Å². The fraction of sp³-hybridized carbons (Fsp3) is 0.143. The molecule has 0 radical (unpaired) electrons. The van der Waals surface area contributed by atoms with Crippen molar-refractivity contribution >= 4 is 40.6 Å². The van der Waals surface area contributed by atoms with Crippen molar-refractivity contribution in [2.45, 2.75) is 25.0 Å². The lowest BCUT2D eigenvalue weighted by atomic mass is 9.82. The number of dihydropyridines is 1. The second-order valence-corrected chi connectivity index (χ2v) is 11.7. The van der Waals surface area contributed by atoms with Crippen molar-refractivity contribution in [3.05, 3.63) is 156 Å². The van der Waals surface area contributed by atoms with Crippen LogP contribution in [-0.2, 0) is 17.0 Å². The second-order valence-electron chi connectivity index (χ2n) is 10.3. The molecule has 4 aromatic carbocycles. The van der Waals surface area contributed by atoms with Crippen LogP contribution < -0.4 is 15.4 Å². The Morgan fingerprint density at radius 2 is 1.76 bits per heavy atom. The van der Waals surface area contributed by atoms with Gasteiger partial charge < -0.3 is 15.4 Å².